The lowest BCUT2D eigenvalue weighted by Crippen LogP contribution is -2.54. The van der Waals surface area contributed by atoms with Crippen molar-refractivity contribution in [3.05, 3.63) is 118 Å². The van der Waals surface area contributed by atoms with Crippen LogP contribution in [0.25, 0.3) is 6.08 Å². The first kappa shape index (κ1) is 31.8. The van der Waals surface area contributed by atoms with Crippen molar-refractivity contribution in [2.24, 2.45) is 0 Å². The van der Waals surface area contributed by atoms with E-state index < -0.39 is 23.8 Å². The summed E-state index contributed by atoms with van der Waals surface area (Å²) in [5.41, 5.74) is 4.02. The maximum Gasteiger partial charge on any atom is 0.335 e. The number of carbonyl (C=O) groups is 4. The van der Waals surface area contributed by atoms with Crippen molar-refractivity contribution >= 4 is 52.8 Å². The van der Waals surface area contributed by atoms with E-state index in [1.54, 1.807) is 30.3 Å². The first-order valence-corrected chi connectivity index (χ1v) is 14.6. The highest BCUT2D eigenvalue weighted by molar-refractivity contribution is 6.39. The van der Waals surface area contributed by atoms with Gasteiger partial charge in [0.05, 0.1) is 17.8 Å². The SMILES string of the molecule is COc1cc(/C=C2/C(=O)NC(=O)N(c3ccc(OCc4ccccc4)cc3)C2=O)cc(Cl)c1OCC(=O)Nc1ccc(C)c(C)c1. The van der Waals surface area contributed by atoms with Gasteiger partial charge in [-0.05, 0) is 90.7 Å². The van der Waals surface area contributed by atoms with Gasteiger partial charge < -0.3 is 19.5 Å². The number of hydrogen-bond donors (Lipinski definition) is 2. The van der Waals surface area contributed by atoms with Gasteiger partial charge in [0.15, 0.2) is 18.1 Å². The Labute approximate surface area is 270 Å². The smallest absolute Gasteiger partial charge is 0.335 e. The molecule has 234 valence electrons. The predicted molar refractivity (Wildman–Crippen MR) is 174 cm³/mol. The maximum absolute atomic E-state index is 13.4. The van der Waals surface area contributed by atoms with Crippen molar-refractivity contribution in [1.82, 2.24) is 5.32 Å². The number of benzene rings is 4. The second-order valence-corrected chi connectivity index (χ2v) is 10.8. The standard InChI is InChI=1S/C35H30ClN3O7/c1-21-9-10-25(15-22(21)2)37-31(40)20-46-32-29(36)17-24(18-30(32)44-3)16-28-33(41)38-35(43)39(34(28)42)26-11-13-27(14-12-26)45-19-23-7-5-4-6-8-23/h4-18H,19-20H2,1-3H3,(H,37,40)(H,38,41,43)/b28-16-. The van der Waals surface area contributed by atoms with Gasteiger partial charge >= 0.3 is 6.03 Å². The van der Waals surface area contributed by atoms with Crippen LogP contribution in [0.2, 0.25) is 5.02 Å². The maximum atomic E-state index is 13.4. The van der Waals surface area contributed by atoms with Crippen molar-refractivity contribution in [3.8, 4) is 17.2 Å². The van der Waals surface area contributed by atoms with Crippen molar-refractivity contribution in [3.63, 3.8) is 0 Å². The van der Waals surface area contributed by atoms with Gasteiger partial charge in [-0.3, -0.25) is 19.7 Å². The molecule has 0 saturated carbocycles. The summed E-state index contributed by atoms with van der Waals surface area (Å²) in [5, 5.41) is 5.05. The first-order valence-electron chi connectivity index (χ1n) is 14.2. The zero-order valence-electron chi connectivity index (χ0n) is 25.3. The van der Waals surface area contributed by atoms with Gasteiger partial charge in [0.2, 0.25) is 0 Å². The van der Waals surface area contributed by atoms with Gasteiger partial charge in [-0.15, -0.1) is 0 Å². The quantitative estimate of drug-likeness (QED) is 0.156. The van der Waals surface area contributed by atoms with Crippen molar-refractivity contribution in [1.29, 1.82) is 0 Å². The molecule has 1 saturated heterocycles. The van der Waals surface area contributed by atoms with E-state index in [9.17, 15) is 19.2 Å². The molecule has 0 atom stereocenters. The number of nitrogens with zero attached hydrogens (tertiary/aromatic N) is 1. The van der Waals surface area contributed by atoms with Crippen molar-refractivity contribution in [2.75, 3.05) is 23.9 Å². The van der Waals surface area contributed by atoms with E-state index in [1.807, 2.05) is 56.3 Å². The lowest BCUT2D eigenvalue weighted by atomic mass is 10.1. The number of rotatable bonds is 10. The molecular weight excluding hydrogens is 610 g/mol. The molecule has 1 aliphatic rings. The minimum Gasteiger partial charge on any atom is -0.493 e. The van der Waals surface area contributed by atoms with Gasteiger partial charge in [-0.2, -0.15) is 0 Å². The summed E-state index contributed by atoms with van der Waals surface area (Å²) in [6.45, 7) is 3.93. The molecule has 4 aromatic carbocycles. The summed E-state index contributed by atoms with van der Waals surface area (Å²) in [4.78, 5) is 52.3. The van der Waals surface area contributed by atoms with Crippen LogP contribution in [0.1, 0.15) is 22.3 Å². The third kappa shape index (κ3) is 7.36. The minimum atomic E-state index is -0.886. The Morgan fingerprint density at radius 2 is 1.65 bits per heavy atom. The van der Waals surface area contributed by atoms with Gasteiger partial charge in [-0.1, -0.05) is 48.0 Å². The van der Waals surface area contributed by atoms with E-state index in [-0.39, 0.29) is 34.4 Å². The van der Waals surface area contributed by atoms with E-state index in [0.717, 1.165) is 21.6 Å². The van der Waals surface area contributed by atoms with Crippen LogP contribution in [0.15, 0.2) is 90.5 Å². The number of urea groups is 1. The first-order chi connectivity index (χ1) is 22.1. The van der Waals surface area contributed by atoms with E-state index in [4.69, 9.17) is 25.8 Å². The van der Waals surface area contributed by atoms with Crippen LogP contribution in [0, 0.1) is 13.8 Å². The number of imide groups is 2. The summed E-state index contributed by atoms with van der Waals surface area (Å²) in [6, 6.07) is 23.6. The number of ether oxygens (including phenoxy) is 3. The molecule has 1 heterocycles. The minimum absolute atomic E-state index is 0.0767. The summed E-state index contributed by atoms with van der Waals surface area (Å²) in [7, 11) is 1.39. The summed E-state index contributed by atoms with van der Waals surface area (Å²) < 4.78 is 16.9. The molecule has 0 unspecified atom stereocenters. The largest absolute Gasteiger partial charge is 0.493 e. The summed E-state index contributed by atoms with van der Waals surface area (Å²) >= 11 is 6.49. The monoisotopic (exact) mass is 639 g/mol. The Hall–Kier alpha value is -5.61. The number of carbonyl (C=O) groups excluding carboxylic acids is 4. The second kappa shape index (κ2) is 14.0. The molecule has 0 bridgehead atoms. The Morgan fingerprint density at radius 1 is 0.913 bits per heavy atom. The van der Waals surface area contributed by atoms with E-state index in [2.05, 4.69) is 10.6 Å². The molecule has 0 radical (unpaired) electrons. The van der Waals surface area contributed by atoms with Gasteiger partial charge in [0.25, 0.3) is 17.7 Å². The fourth-order valence-electron chi connectivity index (χ4n) is 4.61. The van der Waals surface area contributed by atoms with Gasteiger partial charge in [0.1, 0.15) is 17.9 Å². The average molecular weight is 640 g/mol. The van der Waals surface area contributed by atoms with Crippen LogP contribution in [-0.2, 0) is 21.0 Å². The Morgan fingerprint density at radius 3 is 2.35 bits per heavy atom. The zero-order valence-corrected chi connectivity index (χ0v) is 26.0. The van der Waals surface area contributed by atoms with Crippen LogP contribution in [0.4, 0.5) is 16.2 Å². The number of methoxy groups -OCH3 is 1. The van der Waals surface area contributed by atoms with Crippen LogP contribution in [0.3, 0.4) is 0 Å². The van der Waals surface area contributed by atoms with Crippen LogP contribution >= 0.6 is 11.6 Å². The van der Waals surface area contributed by atoms with Crippen LogP contribution in [0.5, 0.6) is 17.2 Å². The number of nitrogens with one attached hydrogen (secondary N) is 2. The van der Waals surface area contributed by atoms with E-state index in [1.165, 1.54) is 25.3 Å². The Kier molecular flexibility index (Phi) is 9.68. The summed E-state index contributed by atoms with van der Waals surface area (Å²) in [5.74, 6) is -1.29. The fourth-order valence-corrected chi connectivity index (χ4v) is 4.88. The Bertz CT molecular complexity index is 1840. The average Bonchev–Trinajstić information content (AvgIpc) is 3.04. The highest BCUT2D eigenvalue weighted by Crippen LogP contribution is 2.37. The van der Waals surface area contributed by atoms with Crippen LogP contribution in [-0.4, -0.2) is 37.5 Å². The summed E-state index contributed by atoms with van der Waals surface area (Å²) in [6.07, 6.45) is 1.29. The Balaban J connectivity index is 1.30. The molecule has 5 rings (SSSR count). The predicted octanol–water partition coefficient (Wildman–Crippen LogP) is 6.23. The molecule has 10 nitrogen and oxygen atoms in total. The van der Waals surface area contributed by atoms with Gasteiger partial charge in [0, 0.05) is 5.69 Å². The molecule has 1 fully saturated rings. The van der Waals surface area contributed by atoms with Gasteiger partial charge in [-0.25, -0.2) is 9.69 Å². The van der Waals surface area contributed by atoms with E-state index >= 15 is 0 Å². The molecule has 0 aliphatic carbocycles. The number of barbiturate groups is 1. The number of halogens is 1. The number of anilines is 2. The lowest BCUT2D eigenvalue weighted by Gasteiger charge is -2.26. The number of hydrogen-bond acceptors (Lipinski definition) is 7. The molecule has 5 amide bonds. The third-order valence-corrected chi connectivity index (χ3v) is 7.43. The van der Waals surface area contributed by atoms with Crippen molar-refractivity contribution in [2.45, 2.75) is 20.5 Å². The molecule has 0 aromatic heterocycles. The molecule has 4 aromatic rings. The normalized spacial score (nSPS) is 13.8. The molecular formula is C35H30ClN3O7. The highest BCUT2D eigenvalue weighted by atomic mass is 35.5. The topological polar surface area (TPSA) is 123 Å². The molecule has 46 heavy (non-hydrogen) atoms. The zero-order chi connectivity index (χ0) is 32.8. The molecule has 1 aliphatic heterocycles. The lowest BCUT2D eigenvalue weighted by molar-refractivity contribution is -0.122. The molecule has 2 N–H and O–H groups in total. The third-order valence-electron chi connectivity index (χ3n) is 7.15. The van der Waals surface area contributed by atoms with Crippen LogP contribution < -0.4 is 29.7 Å². The highest BCUT2D eigenvalue weighted by Gasteiger charge is 2.37. The molecule has 11 heteroatoms. The second-order valence-electron chi connectivity index (χ2n) is 10.4. The fraction of sp³-hybridized carbons (Fsp3) is 0.143. The number of aryl methyl sites for hydroxylation is 2. The number of amides is 5. The molecule has 0 spiro atoms. The van der Waals surface area contributed by atoms with Crippen molar-refractivity contribution < 1.29 is 33.4 Å². The van der Waals surface area contributed by atoms with E-state index in [0.29, 0.717) is 23.6 Å².